The third-order valence-corrected chi connectivity index (χ3v) is 5.51. The van der Waals surface area contributed by atoms with E-state index in [0.29, 0.717) is 16.4 Å². The van der Waals surface area contributed by atoms with Gasteiger partial charge in [0.1, 0.15) is 5.69 Å². The molecule has 1 aliphatic heterocycles. The Morgan fingerprint density at radius 3 is 2.36 bits per heavy atom. The zero-order valence-electron chi connectivity index (χ0n) is 15.9. The average Bonchev–Trinajstić information content (AvgIpc) is 3.19. The molecule has 0 spiro atoms. The number of hydrogen-bond donors (Lipinski definition) is 0. The first-order valence-electron chi connectivity index (χ1n) is 9.59. The number of nitrogens with zero attached hydrogens (tertiary/aromatic N) is 4. The van der Waals surface area contributed by atoms with Gasteiger partial charge < -0.3 is 9.80 Å². The molecule has 1 saturated heterocycles. The summed E-state index contributed by atoms with van der Waals surface area (Å²) in [7, 11) is 0. The van der Waals surface area contributed by atoms with Crippen LogP contribution in [0, 0.1) is 0 Å². The van der Waals surface area contributed by atoms with Gasteiger partial charge in [-0.2, -0.15) is 5.10 Å². The Bertz CT molecular complexity index is 962. The van der Waals surface area contributed by atoms with Crippen molar-refractivity contribution in [1.29, 1.82) is 0 Å². The Kier molecular flexibility index (Phi) is 5.46. The minimum Gasteiger partial charge on any atom is -0.335 e. The molecule has 28 heavy (non-hydrogen) atoms. The lowest BCUT2D eigenvalue weighted by Gasteiger charge is -2.34. The molecule has 4 rings (SSSR count). The highest BCUT2D eigenvalue weighted by atomic mass is 35.5. The van der Waals surface area contributed by atoms with Crippen molar-refractivity contribution < 1.29 is 4.79 Å². The van der Waals surface area contributed by atoms with Crippen LogP contribution in [0.25, 0.3) is 16.9 Å². The Hall–Kier alpha value is -2.63. The zero-order valence-corrected chi connectivity index (χ0v) is 16.6. The molecule has 1 amide bonds. The summed E-state index contributed by atoms with van der Waals surface area (Å²) in [5.41, 5.74) is 2.98. The maximum Gasteiger partial charge on any atom is 0.272 e. The van der Waals surface area contributed by atoms with E-state index in [4.69, 9.17) is 16.7 Å². The summed E-state index contributed by atoms with van der Waals surface area (Å²) in [6, 6.07) is 19.2. The SMILES string of the molecule is CCN1CCN(C(=O)c2cc(-c3ccccc3)nn2-c2ccccc2Cl)CC1. The molecule has 5 nitrogen and oxygen atoms in total. The number of hydrogen-bond acceptors (Lipinski definition) is 3. The van der Waals surface area contributed by atoms with Gasteiger partial charge in [-0.1, -0.05) is 61.0 Å². The van der Waals surface area contributed by atoms with Gasteiger partial charge in [-0.3, -0.25) is 4.79 Å². The van der Waals surface area contributed by atoms with E-state index in [-0.39, 0.29) is 5.91 Å². The van der Waals surface area contributed by atoms with E-state index in [2.05, 4.69) is 11.8 Å². The predicted octanol–water partition coefficient (Wildman–Crippen LogP) is 3.97. The first-order valence-corrected chi connectivity index (χ1v) is 9.97. The highest BCUT2D eigenvalue weighted by Crippen LogP contribution is 2.26. The molecule has 2 heterocycles. The van der Waals surface area contributed by atoms with Crippen molar-refractivity contribution in [3.05, 3.63) is 71.4 Å². The van der Waals surface area contributed by atoms with E-state index < -0.39 is 0 Å². The molecule has 1 fully saturated rings. The van der Waals surface area contributed by atoms with Crippen LogP contribution in [0.4, 0.5) is 0 Å². The Morgan fingerprint density at radius 1 is 1.00 bits per heavy atom. The van der Waals surface area contributed by atoms with Crippen LogP contribution in [0.1, 0.15) is 17.4 Å². The van der Waals surface area contributed by atoms with Crippen LogP contribution in [-0.4, -0.2) is 58.2 Å². The number of carbonyl (C=O) groups is 1. The normalized spacial score (nSPS) is 15.0. The van der Waals surface area contributed by atoms with Crippen molar-refractivity contribution in [2.75, 3.05) is 32.7 Å². The number of likely N-dealkylation sites (N-methyl/N-ethyl adjacent to an activating group) is 1. The van der Waals surface area contributed by atoms with Crippen molar-refractivity contribution in [3.63, 3.8) is 0 Å². The standard InChI is InChI=1S/C22H23ClN4O/c1-2-25-12-14-26(15-13-25)22(28)21-16-19(17-8-4-3-5-9-17)24-27(21)20-11-7-6-10-18(20)23/h3-11,16H,2,12-15H2,1H3. The third-order valence-electron chi connectivity index (χ3n) is 5.19. The molecular formula is C22H23ClN4O. The van der Waals surface area contributed by atoms with Gasteiger partial charge in [-0.15, -0.1) is 0 Å². The fourth-order valence-corrected chi connectivity index (χ4v) is 3.74. The first kappa shape index (κ1) is 18.7. The molecule has 0 aliphatic carbocycles. The molecule has 0 bridgehead atoms. The summed E-state index contributed by atoms with van der Waals surface area (Å²) in [6.07, 6.45) is 0. The molecular weight excluding hydrogens is 372 g/mol. The molecule has 1 aliphatic rings. The van der Waals surface area contributed by atoms with Crippen LogP contribution in [0.2, 0.25) is 5.02 Å². The summed E-state index contributed by atoms with van der Waals surface area (Å²) in [4.78, 5) is 17.6. The van der Waals surface area contributed by atoms with E-state index in [1.165, 1.54) is 0 Å². The number of benzene rings is 2. The highest BCUT2D eigenvalue weighted by molar-refractivity contribution is 6.32. The molecule has 6 heteroatoms. The number of aromatic nitrogens is 2. The quantitative estimate of drug-likeness (QED) is 0.672. The van der Waals surface area contributed by atoms with Crippen LogP contribution in [0.5, 0.6) is 0 Å². The number of amides is 1. The van der Waals surface area contributed by atoms with E-state index in [9.17, 15) is 4.79 Å². The maximum absolute atomic E-state index is 13.3. The summed E-state index contributed by atoms with van der Waals surface area (Å²) in [5.74, 6) is -0.00893. The monoisotopic (exact) mass is 394 g/mol. The summed E-state index contributed by atoms with van der Waals surface area (Å²) in [6.45, 7) is 6.40. The lowest BCUT2D eigenvalue weighted by molar-refractivity contribution is 0.0634. The average molecular weight is 395 g/mol. The zero-order chi connectivity index (χ0) is 19.5. The number of piperazine rings is 1. The fourth-order valence-electron chi connectivity index (χ4n) is 3.52. The Labute approximate surface area is 170 Å². The van der Waals surface area contributed by atoms with Crippen LogP contribution in [0.15, 0.2) is 60.7 Å². The predicted molar refractivity (Wildman–Crippen MR) is 112 cm³/mol. The lowest BCUT2D eigenvalue weighted by Crippen LogP contribution is -2.48. The van der Waals surface area contributed by atoms with E-state index in [0.717, 1.165) is 44.0 Å². The molecule has 0 radical (unpaired) electrons. The van der Waals surface area contributed by atoms with Crippen molar-refractivity contribution in [3.8, 4) is 16.9 Å². The van der Waals surface area contributed by atoms with Gasteiger partial charge in [0.15, 0.2) is 0 Å². The Morgan fingerprint density at radius 2 is 1.68 bits per heavy atom. The molecule has 2 aromatic carbocycles. The van der Waals surface area contributed by atoms with E-state index in [1.807, 2.05) is 65.6 Å². The minimum atomic E-state index is -0.00893. The topological polar surface area (TPSA) is 41.4 Å². The van der Waals surface area contributed by atoms with Crippen molar-refractivity contribution in [2.24, 2.45) is 0 Å². The maximum atomic E-state index is 13.3. The minimum absolute atomic E-state index is 0.00893. The molecule has 1 aromatic heterocycles. The highest BCUT2D eigenvalue weighted by Gasteiger charge is 2.26. The summed E-state index contributed by atoms with van der Waals surface area (Å²) in [5, 5.41) is 5.30. The molecule has 0 unspecified atom stereocenters. The van der Waals surface area contributed by atoms with Gasteiger partial charge in [0.2, 0.25) is 0 Å². The molecule has 144 valence electrons. The van der Waals surface area contributed by atoms with E-state index in [1.54, 1.807) is 4.68 Å². The van der Waals surface area contributed by atoms with Crippen LogP contribution in [-0.2, 0) is 0 Å². The first-order chi connectivity index (χ1) is 13.7. The second-order valence-electron chi connectivity index (χ2n) is 6.87. The van der Waals surface area contributed by atoms with Gasteiger partial charge in [-0.25, -0.2) is 4.68 Å². The fraction of sp³-hybridized carbons (Fsp3) is 0.273. The molecule has 0 saturated carbocycles. The second-order valence-corrected chi connectivity index (χ2v) is 7.28. The number of halogens is 1. The van der Waals surface area contributed by atoms with Crippen molar-refractivity contribution in [1.82, 2.24) is 19.6 Å². The van der Waals surface area contributed by atoms with Gasteiger partial charge in [0.05, 0.1) is 16.4 Å². The largest absolute Gasteiger partial charge is 0.335 e. The smallest absolute Gasteiger partial charge is 0.272 e. The summed E-state index contributed by atoms with van der Waals surface area (Å²) < 4.78 is 1.68. The van der Waals surface area contributed by atoms with Crippen LogP contribution < -0.4 is 0 Å². The summed E-state index contributed by atoms with van der Waals surface area (Å²) >= 11 is 6.42. The van der Waals surface area contributed by atoms with Gasteiger partial charge in [0, 0.05) is 31.7 Å². The molecule has 0 atom stereocenters. The van der Waals surface area contributed by atoms with E-state index >= 15 is 0 Å². The number of para-hydroxylation sites is 1. The third kappa shape index (κ3) is 3.68. The van der Waals surface area contributed by atoms with Crippen LogP contribution in [0.3, 0.4) is 0 Å². The number of rotatable bonds is 4. The second kappa shape index (κ2) is 8.17. The van der Waals surface area contributed by atoms with Crippen LogP contribution >= 0.6 is 11.6 Å². The van der Waals surface area contributed by atoms with Gasteiger partial charge >= 0.3 is 0 Å². The number of carbonyl (C=O) groups excluding carboxylic acids is 1. The lowest BCUT2D eigenvalue weighted by atomic mass is 10.1. The Balaban J connectivity index is 1.74. The molecule has 3 aromatic rings. The van der Waals surface area contributed by atoms with Crippen molar-refractivity contribution >= 4 is 17.5 Å². The van der Waals surface area contributed by atoms with Crippen molar-refractivity contribution in [2.45, 2.75) is 6.92 Å². The van der Waals surface area contributed by atoms with Gasteiger partial charge in [0.25, 0.3) is 5.91 Å². The van der Waals surface area contributed by atoms with Gasteiger partial charge in [-0.05, 0) is 24.7 Å². The molecule has 0 N–H and O–H groups in total.